The van der Waals surface area contributed by atoms with Gasteiger partial charge in [0.1, 0.15) is 28.3 Å². The molecule has 0 radical (unpaired) electrons. The molecule has 1 heterocycles. The summed E-state index contributed by atoms with van der Waals surface area (Å²) in [6, 6.07) is 14.8. The molecule has 0 spiro atoms. The van der Waals surface area contributed by atoms with Gasteiger partial charge in [-0.2, -0.15) is 13.2 Å². The Morgan fingerprint density at radius 2 is 1.88 bits per heavy atom. The molecule has 1 atom stereocenters. The molecule has 2 aromatic carbocycles. The van der Waals surface area contributed by atoms with E-state index >= 15 is 0 Å². The Labute approximate surface area is 198 Å². The van der Waals surface area contributed by atoms with Crippen LogP contribution in [0, 0.1) is 0 Å². The fourth-order valence-corrected chi connectivity index (χ4v) is 3.14. The summed E-state index contributed by atoms with van der Waals surface area (Å²) in [5, 5.41) is 12.1. The second-order valence-electron chi connectivity index (χ2n) is 7.34. The van der Waals surface area contributed by atoms with Crippen molar-refractivity contribution in [2.75, 3.05) is 13.2 Å². The van der Waals surface area contributed by atoms with E-state index in [4.69, 9.17) is 26.9 Å². The maximum atomic E-state index is 12.7. The lowest BCUT2D eigenvalue weighted by Gasteiger charge is -2.16. The predicted molar refractivity (Wildman–Crippen MR) is 123 cm³/mol. The van der Waals surface area contributed by atoms with Crippen molar-refractivity contribution in [3.63, 3.8) is 0 Å². The molecule has 0 aliphatic heterocycles. The molecule has 0 saturated carbocycles. The van der Waals surface area contributed by atoms with Crippen molar-refractivity contribution in [2.45, 2.75) is 25.6 Å². The molecular formula is C23H22F3N3O4S. The maximum absolute atomic E-state index is 12.7. The molecule has 180 valence electrons. The number of fused-ring (bicyclic) bond motifs is 1. The number of benzene rings is 2. The van der Waals surface area contributed by atoms with Crippen LogP contribution in [0.1, 0.15) is 29.4 Å². The third kappa shape index (κ3) is 7.03. The number of thiocarbonyl (C=S) groups is 1. The third-order valence-electron chi connectivity index (χ3n) is 4.66. The number of alkyl halides is 3. The van der Waals surface area contributed by atoms with Crippen LogP contribution in [0.5, 0.6) is 11.5 Å². The van der Waals surface area contributed by atoms with Gasteiger partial charge in [-0.3, -0.25) is 15.5 Å². The molecule has 0 aliphatic rings. The summed E-state index contributed by atoms with van der Waals surface area (Å²) >= 11 is 4.93. The molecule has 3 N–H and O–H groups in total. The molecule has 0 bridgehead atoms. The average molecular weight is 494 g/mol. The van der Waals surface area contributed by atoms with Gasteiger partial charge < -0.3 is 14.8 Å². The molecule has 3 rings (SSSR count). The second-order valence-corrected chi connectivity index (χ2v) is 7.75. The van der Waals surface area contributed by atoms with Crippen molar-refractivity contribution >= 4 is 34.0 Å². The summed E-state index contributed by atoms with van der Waals surface area (Å²) in [6.45, 7) is 1.34. The molecule has 7 nitrogen and oxygen atoms in total. The van der Waals surface area contributed by atoms with Crippen LogP contribution in [-0.2, 0) is 0 Å². The molecule has 1 amide bonds. The standard InChI is InChI=1S/C23H22F3N3O4S/c1-14(33-16-8-6-15(7-9-16)22(34)29-31)13-27-21(30)19-12-20(32-11-10-23(24,25)26)17-4-2-3-5-18(17)28-19/h2-9,12,14,31H,10-11,13H2,1H3,(H,27,30)(H,29,34)/t14-/m1/s1. The lowest BCUT2D eigenvalue weighted by molar-refractivity contribution is -0.139. The number of hydrogen-bond acceptors (Lipinski definition) is 6. The highest BCUT2D eigenvalue weighted by atomic mass is 32.1. The number of aromatic nitrogens is 1. The Morgan fingerprint density at radius 3 is 2.56 bits per heavy atom. The first-order valence-electron chi connectivity index (χ1n) is 10.2. The minimum Gasteiger partial charge on any atom is -0.492 e. The fraction of sp³-hybridized carbons (Fsp3) is 0.261. The summed E-state index contributed by atoms with van der Waals surface area (Å²) in [5.74, 6) is 0.173. The van der Waals surface area contributed by atoms with E-state index in [0.717, 1.165) is 0 Å². The number of carbonyl (C=O) groups excluding carboxylic acids is 1. The van der Waals surface area contributed by atoms with Crippen molar-refractivity contribution in [1.29, 1.82) is 0 Å². The number of rotatable bonds is 9. The van der Waals surface area contributed by atoms with Crippen LogP contribution in [0.3, 0.4) is 0 Å². The topological polar surface area (TPSA) is 92.7 Å². The Morgan fingerprint density at radius 1 is 1.18 bits per heavy atom. The number of ether oxygens (including phenoxy) is 2. The molecule has 0 saturated heterocycles. The summed E-state index contributed by atoms with van der Waals surface area (Å²) in [6.07, 6.45) is -5.86. The Hall–Kier alpha value is -3.44. The van der Waals surface area contributed by atoms with E-state index in [9.17, 15) is 18.0 Å². The van der Waals surface area contributed by atoms with Gasteiger partial charge >= 0.3 is 6.18 Å². The lowest BCUT2D eigenvalue weighted by Crippen LogP contribution is -2.34. The molecule has 3 aromatic rings. The number of amides is 1. The van der Waals surface area contributed by atoms with Crippen molar-refractivity contribution < 1.29 is 32.6 Å². The number of para-hydroxylation sites is 1. The Kier molecular flexibility index (Phi) is 8.24. The van der Waals surface area contributed by atoms with E-state index in [1.807, 2.05) is 5.48 Å². The number of carbonyl (C=O) groups is 1. The minimum absolute atomic E-state index is 0.0160. The van der Waals surface area contributed by atoms with Crippen LogP contribution in [0.4, 0.5) is 13.2 Å². The SMILES string of the molecule is C[C@H](CNC(=O)c1cc(OCCC(F)(F)F)c2ccccc2n1)Oc1ccc(C(=S)NO)cc1. The third-order valence-corrected chi connectivity index (χ3v) is 4.99. The van der Waals surface area contributed by atoms with Crippen LogP contribution in [-0.4, -0.2) is 46.5 Å². The van der Waals surface area contributed by atoms with Crippen LogP contribution >= 0.6 is 12.2 Å². The van der Waals surface area contributed by atoms with Gasteiger partial charge in [0.2, 0.25) is 0 Å². The highest BCUT2D eigenvalue weighted by Gasteiger charge is 2.27. The van der Waals surface area contributed by atoms with Crippen LogP contribution < -0.4 is 20.3 Å². The van der Waals surface area contributed by atoms with E-state index in [0.29, 0.717) is 22.2 Å². The van der Waals surface area contributed by atoms with Crippen LogP contribution in [0.15, 0.2) is 54.6 Å². The molecule has 1 aromatic heterocycles. The fourth-order valence-electron chi connectivity index (χ4n) is 3.01. The molecule has 0 aliphatic carbocycles. The number of nitrogens with zero attached hydrogens (tertiary/aromatic N) is 1. The first kappa shape index (κ1) is 25.2. The molecule has 34 heavy (non-hydrogen) atoms. The number of pyridine rings is 1. The summed E-state index contributed by atoms with van der Waals surface area (Å²) in [7, 11) is 0. The molecule has 11 heteroatoms. The normalized spacial score (nSPS) is 12.1. The number of nitrogens with one attached hydrogen (secondary N) is 2. The van der Waals surface area contributed by atoms with E-state index < -0.39 is 31.2 Å². The number of hydroxylamine groups is 1. The summed E-state index contributed by atoms with van der Waals surface area (Å²) in [4.78, 5) is 17.1. The number of halogens is 3. The van der Waals surface area contributed by atoms with Crippen LogP contribution in [0.25, 0.3) is 10.9 Å². The van der Waals surface area contributed by atoms with Gasteiger partial charge in [-0.1, -0.05) is 24.4 Å². The average Bonchev–Trinajstić information content (AvgIpc) is 2.81. The van der Waals surface area contributed by atoms with Crippen molar-refractivity contribution in [3.05, 3.63) is 65.9 Å². The van der Waals surface area contributed by atoms with Gasteiger partial charge in [0.15, 0.2) is 0 Å². The first-order valence-corrected chi connectivity index (χ1v) is 10.7. The van der Waals surface area contributed by atoms with E-state index in [1.165, 1.54) is 6.07 Å². The van der Waals surface area contributed by atoms with Gasteiger partial charge in [0.25, 0.3) is 5.91 Å². The lowest BCUT2D eigenvalue weighted by atomic mass is 10.1. The number of hydrogen-bond donors (Lipinski definition) is 3. The van der Waals surface area contributed by atoms with Gasteiger partial charge in [0, 0.05) is 17.0 Å². The zero-order chi connectivity index (χ0) is 24.7. The summed E-state index contributed by atoms with van der Waals surface area (Å²) in [5.41, 5.74) is 2.96. The highest BCUT2D eigenvalue weighted by Crippen LogP contribution is 2.27. The van der Waals surface area contributed by atoms with Crippen molar-refractivity contribution in [3.8, 4) is 11.5 Å². The Balaban J connectivity index is 1.64. The molecule has 0 fully saturated rings. The minimum atomic E-state index is -4.35. The van der Waals surface area contributed by atoms with Gasteiger partial charge in [-0.25, -0.2) is 4.98 Å². The molecular weight excluding hydrogens is 471 g/mol. The highest BCUT2D eigenvalue weighted by molar-refractivity contribution is 7.80. The summed E-state index contributed by atoms with van der Waals surface area (Å²) < 4.78 is 48.6. The Bertz CT molecular complexity index is 1160. The quantitative estimate of drug-likeness (QED) is 0.300. The van der Waals surface area contributed by atoms with E-state index in [-0.39, 0.29) is 23.0 Å². The first-order chi connectivity index (χ1) is 16.2. The maximum Gasteiger partial charge on any atom is 0.392 e. The van der Waals surface area contributed by atoms with Crippen molar-refractivity contribution in [1.82, 2.24) is 15.8 Å². The smallest absolute Gasteiger partial charge is 0.392 e. The molecule has 0 unspecified atom stereocenters. The van der Waals surface area contributed by atoms with Gasteiger partial charge in [-0.15, -0.1) is 0 Å². The zero-order valence-corrected chi connectivity index (χ0v) is 18.9. The second kappa shape index (κ2) is 11.1. The van der Waals surface area contributed by atoms with Gasteiger partial charge in [0.05, 0.1) is 25.1 Å². The van der Waals surface area contributed by atoms with Crippen molar-refractivity contribution in [2.24, 2.45) is 0 Å². The predicted octanol–water partition coefficient (Wildman–Crippen LogP) is 4.42. The van der Waals surface area contributed by atoms with E-state index in [2.05, 4.69) is 10.3 Å². The van der Waals surface area contributed by atoms with Crippen LogP contribution in [0.2, 0.25) is 0 Å². The monoisotopic (exact) mass is 493 g/mol. The van der Waals surface area contributed by atoms with Gasteiger partial charge in [-0.05, 0) is 43.3 Å². The van der Waals surface area contributed by atoms with E-state index in [1.54, 1.807) is 55.5 Å². The largest absolute Gasteiger partial charge is 0.492 e. The zero-order valence-electron chi connectivity index (χ0n) is 18.1.